The van der Waals surface area contributed by atoms with Gasteiger partial charge >= 0.3 is 0 Å². The Morgan fingerprint density at radius 3 is 2.20 bits per heavy atom. The Morgan fingerprint density at radius 1 is 1.00 bits per heavy atom. The average Bonchev–Trinajstić information content (AvgIpc) is 2.93. The number of ether oxygens (including phenoxy) is 1. The molecule has 25 heavy (non-hydrogen) atoms. The largest absolute Gasteiger partial charge is 0.504 e. The molecule has 0 saturated carbocycles. The van der Waals surface area contributed by atoms with Crippen molar-refractivity contribution >= 4 is 0 Å². The van der Waals surface area contributed by atoms with Gasteiger partial charge in [-0.2, -0.15) is 5.10 Å². The van der Waals surface area contributed by atoms with Crippen LogP contribution in [0.4, 0.5) is 0 Å². The van der Waals surface area contributed by atoms with E-state index in [1.54, 1.807) is 7.11 Å². The summed E-state index contributed by atoms with van der Waals surface area (Å²) in [5.41, 5.74) is 4.07. The first-order valence-electron chi connectivity index (χ1n) is 8.36. The second kappa shape index (κ2) is 6.28. The summed E-state index contributed by atoms with van der Waals surface area (Å²) < 4.78 is 7.06. The molecule has 3 rings (SSSR count). The molecule has 0 aliphatic heterocycles. The molecular formula is C21H24N2O2. The second-order valence-corrected chi connectivity index (χ2v) is 7.22. The molecule has 0 amide bonds. The minimum Gasteiger partial charge on any atom is -0.504 e. The molecule has 0 aliphatic rings. The highest BCUT2D eigenvalue weighted by molar-refractivity contribution is 5.73. The summed E-state index contributed by atoms with van der Waals surface area (Å²) in [4.78, 5) is 0. The van der Waals surface area contributed by atoms with Gasteiger partial charge < -0.3 is 9.84 Å². The summed E-state index contributed by atoms with van der Waals surface area (Å²) in [6.45, 7) is 8.19. The zero-order chi connectivity index (χ0) is 18.2. The summed E-state index contributed by atoms with van der Waals surface area (Å²) in [6, 6.07) is 15.7. The molecule has 1 aromatic heterocycles. The standard InChI is InChI=1S/C21H24N2O2/c1-14-8-6-7-9-17(14)18-19(24)20(21(2,3)4)22-23(18)15-10-12-16(25-5)13-11-15/h6-13,24H,1-5H3. The first-order valence-corrected chi connectivity index (χ1v) is 8.36. The van der Waals surface area contributed by atoms with E-state index in [-0.39, 0.29) is 11.2 Å². The lowest BCUT2D eigenvalue weighted by atomic mass is 9.90. The zero-order valence-electron chi connectivity index (χ0n) is 15.4. The molecule has 0 unspecified atom stereocenters. The van der Waals surface area contributed by atoms with Gasteiger partial charge in [0.05, 0.1) is 12.8 Å². The summed E-state index contributed by atoms with van der Waals surface area (Å²) in [5, 5.41) is 15.7. The Bertz CT molecular complexity index is 887. The molecule has 1 N–H and O–H groups in total. The van der Waals surface area contributed by atoms with E-state index < -0.39 is 0 Å². The Kier molecular flexibility index (Phi) is 4.29. The van der Waals surface area contributed by atoms with Gasteiger partial charge in [-0.15, -0.1) is 0 Å². The molecule has 4 heteroatoms. The Hall–Kier alpha value is -2.75. The molecule has 0 spiro atoms. The van der Waals surface area contributed by atoms with Gasteiger partial charge in [-0.1, -0.05) is 45.0 Å². The molecule has 130 valence electrons. The minimum absolute atomic E-state index is 0.234. The average molecular weight is 336 g/mol. The van der Waals surface area contributed by atoms with Gasteiger partial charge in [0.25, 0.3) is 0 Å². The third-order valence-corrected chi connectivity index (χ3v) is 4.29. The van der Waals surface area contributed by atoms with Gasteiger partial charge in [0, 0.05) is 11.0 Å². The molecule has 4 nitrogen and oxygen atoms in total. The molecule has 0 fully saturated rings. The second-order valence-electron chi connectivity index (χ2n) is 7.22. The van der Waals surface area contributed by atoms with E-state index >= 15 is 0 Å². The molecule has 3 aromatic rings. The number of benzene rings is 2. The summed E-state index contributed by atoms with van der Waals surface area (Å²) >= 11 is 0. The fraction of sp³-hybridized carbons (Fsp3) is 0.286. The van der Waals surface area contributed by atoms with Crippen molar-refractivity contribution in [1.29, 1.82) is 0 Å². The summed E-state index contributed by atoms with van der Waals surface area (Å²) in [7, 11) is 1.64. The van der Waals surface area contributed by atoms with Crippen molar-refractivity contribution in [3.05, 3.63) is 59.8 Å². The Morgan fingerprint density at radius 2 is 1.64 bits per heavy atom. The first-order chi connectivity index (χ1) is 11.8. The van der Waals surface area contributed by atoms with Crippen LogP contribution in [0.25, 0.3) is 16.9 Å². The molecule has 1 heterocycles. The molecular weight excluding hydrogens is 312 g/mol. The van der Waals surface area contributed by atoms with Crippen molar-refractivity contribution in [2.24, 2.45) is 0 Å². The number of aromatic nitrogens is 2. The van der Waals surface area contributed by atoms with Crippen LogP contribution >= 0.6 is 0 Å². The fourth-order valence-corrected chi connectivity index (χ4v) is 2.91. The van der Waals surface area contributed by atoms with E-state index in [4.69, 9.17) is 9.84 Å². The number of aryl methyl sites for hydroxylation is 1. The van der Waals surface area contributed by atoms with Gasteiger partial charge in [0.2, 0.25) is 0 Å². The van der Waals surface area contributed by atoms with Gasteiger partial charge in [0.1, 0.15) is 17.1 Å². The topological polar surface area (TPSA) is 47.3 Å². The van der Waals surface area contributed by atoms with Crippen LogP contribution in [0, 0.1) is 6.92 Å². The van der Waals surface area contributed by atoms with Crippen molar-refractivity contribution in [3.8, 4) is 28.4 Å². The maximum atomic E-state index is 11.0. The number of methoxy groups -OCH3 is 1. The van der Waals surface area contributed by atoms with Crippen LogP contribution < -0.4 is 4.74 Å². The van der Waals surface area contributed by atoms with Crippen molar-refractivity contribution in [1.82, 2.24) is 9.78 Å². The van der Waals surface area contributed by atoms with Crippen LogP contribution in [-0.4, -0.2) is 22.0 Å². The smallest absolute Gasteiger partial charge is 0.166 e. The third kappa shape index (κ3) is 3.12. The van der Waals surface area contributed by atoms with Crippen molar-refractivity contribution in [3.63, 3.8) is 0 Å². The Labute approximate surface area is 148 Å². The lowest BCUT2D eigenvalue weighted by molar-refractivity contribution is 0.414. The van der Waals surface area contributed by atoms with Crippen LogP contribution in [0.3, 0.4) is 0 Å². The molecule has 0 aliphatic carbocycles. The van der Waals surface area contributed by atoms with Crippen molar-refractivity contribution in [2.45, 2.75) is 33.1 Å². The summed E-state index contributed by atoms with van der Waals surface area (Å²) in [6.07, 6.45) is 0. The monoisotopic (exact) mass is 336 g/mol. The van der Waals surface area contributed by atoms with E-state index in [1.165, 1.54) is 0 Å². The predicted octanol–water partition coefficient (Wildman–Crippen LogP) is 4.86. The van der Waals surface area contributed by atoms with Crippen LogP contribution in [-0.2, 0) is 5.41 Å². The predicted molar refractivity (Wildman–Crippen MR) is 101 cm³/mol. The third-order valence-electron chi connectivity index (χ3n) is 4.29. The highest BCUT2D eigenvalue weighted by Gasteiger charge is 2.28. The maximum absolute atomic E-state index is 11.0. The Balaban J connectivity index is 2.28. The van der Waals surface area contributed by atoms with Crippen LogP contribution in [0.2, 0.25) is 0 Å². The van der Waals surface area contributed by atoms with Crippen LogP contribution in [0.1, 0.15) is 32.0 Å². The quantitative estimate of drug-likeness (QED) is 0.743. The van der Waals surface area contributed by atoms with E-state index in [0.29, 0.717) is 11.4 Å². The fourth-order valence-electron chi connectivity index (χ4n) is 2.91. The van der Waals surface area contributed by atoms with Crippen LogP contribution in [0.5, 0.6) is 11.5 Å². The zero-order valence-corrected chi connectivity index (χ0v) is 15.4. The highest BCUT2D eigenvalue weighted by Crippen LogP contribution is 2.40. The van der Waals surface area contributed by atoms with E-state index in [0.717, 1.165) is 22.6 Å². The number of hydrogen-bond acceptors (Lipinski definition) is 3. The van der Waals surface area contributed by atoms with Gasteiger partial charge in [-0.25, -0.2) is 4.68 Å². The number of aromatic hydroxyl groups is 1. The van der Waals surface area contributed by atoms with E-state index in [2.05, 4.69) is 20.8 Å². The molecule has 0 radical (unpaired) electrons. The minimum atomic E-state index is -0.265. The highest BCUT2D eigenvalue weighted by atomic mass is 16.5. The maximum Gasteiger partial charge on any atom is 0.166 e. The van der Waals surface area contributed by atoms with Gasteiger partial charge in [0.15, 0.2) is 5.75 Å². The molecule has 0 saturated heterocycles. The van der Waals surface area contributed by atoms with Gasteiger partial charge in [-0.3, -0.25) is 0 Å². The number of rotatable bonds is 3. The SMILES string of the molecule is COc1ccc(-n2nc(C(C)(C)C)c(O)c2-c2ccccc2C)cc1. The van der Waals surface area contributed by atoms with E-state index in [1.807, 2.05) is 60.1 Å². The van der Waals surface area contributed by atoms with Gasteiger partial charge in [-0.05, 0) is 36.8 Å². The lowest BCUT2D eigenvalue weighted by Gasteiger charge is -2.15. The summed E-state index contributed by atoms with van der Waals surface area (Å²) in [5.74, 6) is 1.02. The normalized spacial score (nSPS) is 11.6. The number of nitrogens with zero attached hydrogens (tertiary/aromatic N) is 2. The molecule has 0 atom stereocenters. The molecule has 2 aromatic carbocycles. The van der Waals surface area contributed by atoms with Crippen molar-refractivity contribution < 1.29 is 9.84 Å². The lowest BCUT2D eigenvalue weighted by Crippen LogP contribution is -2.12. The first kappa shape index (κ1) is 17.1. The van der Waals surface area contributed by atoms with E-state index in [9.17, 15) is 5.11 Å². The van der Waals surface area contributed by atoms with Crippen LogP contribution in [0.15, 0.2) is 48.5 Å². The molecule has 0 bridgehead atoms. The number of hydrogen-bond donors (Lipinski definition) is 1. The van der Waals surface area contributed by atoms with Crippen molar-refractivity contribution in [2.75, 3.05) is 7.11 Å².